The van der Waals surface area contributed by atoms with Crippen LogP contribution in [0.3, 0.4) is 0 Å². The summed E-state index contributed by atoms with van der Waals surface area (Å²) in [6.45, 7) is 6.64. The van der Waals surface area contributed by atoms with Crippen LogP contribution in [0.2, 0.25) is 5.02 Å². The lowest BCUT2D eigenvalue weighted by molar-refractivity contribution is 0.425. The normalized spacial score (nSPS) is 24.6. The van der Waals surface area contributed by atoms with Crippen molar-refractivity contribution in [3.8, 4) is 0 Å². The Morgan fingerprint density at radius 3 is 2.58 bits per heavy atom. The number of hydrogen-bond donors (Lipinski definition) is 1. The molecule has 1 heterocycles. The highest BCUT2D eigenvalue weighted by molar-refractivity contribution is 6.30. The second-order valence-corrected chi connectivity index (χ2v) is 7.92. The van der Waals surface area contributed by atoms with Crippen LogP contribution in [0, 0.1) is 12.8 Å². The van der Waals surface area contributed by atoms with Crippen LogP contribution in [0.5, 0.6) is 0 Å². The van der Waals surface area contributed by atoms with Gasteiger partial charge in [0.1, 0.15) is 0 Å². The molecule has 0 saturated carbocycles. The molecule has 0 unspecified atom stereocenters. The number of rotatable bonds is 2. The van der Waals surface area contributed by atoms with Crippen molar-refractivity contribution < 1.29 is 0 Å². The van der Waals surface area contributed by atoms with Gasteiger partial charge in [-0.15, -0.1) is 0 Å². The van der Waals surface area contributed by atoms with Crippen molar-refractivity contribution in [2.75, 3.05) is 5.32 Å². The molecule has 1 aliphatic heterocycles. The highest BCUT2D eigenvalue weighted by atomic mass is 35.5. The Balaban J connectivity index is 1.75. The third kappa shape index (κ3) is 2.56. The minimum atomic E-state index is 0.360. The van der Waals surface area contributed by atoms with Crippen LogP contribution in [0.15, 0.2) is 48.6 Å². The first-order valence-electron chi connectivity index (χ1n) is 8.87. The predicted molar refractivity (Wildman–Crippen MR) is 103 cm³/mol. The molecule has 124 valence electrons. The topological polar surface area (TPSA) is 12.0 Å². The molecule has 24 heavy (non-hydrogen) atoms. The summed E-state index contributed by atoms with van der Waals surface area (Å²) in [5.74, 6) is 1.61. The maximum atomic E-state index is 6.32. The van der Waals surface area contributed by atoms with Crippen molar-refractivity contribution in [3.63, 3.8) is 0 Å². The number of allylic oxidation sites excluding steroid dienone is 2. The summed E-state index contributed by atoms with van der Waals surface area (Å²) in [7, 11) is 0. The fourth-order valence-electron chi connectivity index (χ4n) is 4.26. The SMILES string of the molecule is Cc1cc(Cl)cc2c1N[C@H](c1ccc(C(C)C)cc1)[C@@H]1CC=C[C@@H]21. The standard InChI is InChI=1S/C22H24ClN/c1-13(2)15-7-9-16(10-8-15)22-19-6-4-5-18(19)20-12-17(23)11-14(3)21(20)24-22/h4-5,7-13,18-19,22,24H,6H2,1-3H3/t18-,19-,22-/m1/s1. The monoisotopic (exact) mass is 337 g/mol. The zero-order valence-corrected chi connectivity index (χ0v) is 15.3. The highest BCUT2D eigenvalue weighted by Gasteiger charge is 2.38. The van der Waals surface area contributed by atoms with E-state index in [0.717, 1.165) is 11.4 Å². The van der Waals surface area contributed by atoms with E-state index in [9.17, 15) is 0 Å². The van der Waals surface area contributed by atoms with E-state index in [1.165, 1.54) is 27.9 Å². The van der Waals surface area contributed by atoms with Gasteiger partial charge in [-0.3, -0.25) is 0 Å². The zero-order valence-electron chi connectivity index (χ0n) is 14.5. The molecule has 3 atom stereocenters. The van der Waals surface area contributed by atoms with Crippen molar-refractivity contribution >= 4 is 17.3 Å². The maximum absolute atomic E-state index is 6.32. The third-order valence-corrected chi connectivity index (χ3v) is 5.81. The molecule has 2 aromatic rings. The predicted octanol–water partition coefficient (Wildman–Crippen LogP) is 6.60. The molecule has 2 aliphatic rings. The summed E-state index contributed by atoms with van der Waals surface area (Å²) >= 11 is 6.32. The van der Waals surface area contributed by atoms with Gasteiger partial charge in [0.05, 0.1) is 6.04 Å². The molecule has 2 heteroatoms. The number of hydrogen-bond acceptors (Lipinski definition) is 1. The van der Waals surface area contributed by atoms with Gasteiger partial charge in [0.15, 0.2) is 0 Å². The molecule has 0 fully saturated rings. The molecule has 1 nitrogen and oxygen atoms in total. The van der Waals surface area contributed by atoms with Gasteiger partial charge in [-0.05, 0) is 59.6 Å². The summed E-state index contributed by atoms with van der Waals surface area (Å²) in [6, 6.07) is 13.7. The molecule has 0 spiro atoms. The fourth-order valence-corrected chi connectivity index (χ4v) is 4.54. The Labute approximate surface area is 149 Å². The number of benzene rings is 2. The second-order valence-electron chi connectivity index (χ2n) is 7.48. The summed E-state index contributed by atoms with van der Waals surface area (Å²) in [6.07, 6.45) is 5.83. The van der Waals surface area contributed by atoms with Crippen LogP contribution in [-0.4, -0.2) is 0 Å². The van der Waals surface area contributed by atoms with Crippen LogP contribution >= 0.6 is 11.6 Å². The van der Waals surface area contributed by atoms with E-state index in [1.807, 2.05) is 0 Å². The van der Waals surface area contributed by atoms with Gasteiger partial charge in [0.2, 0.25) is 0 Å². The van der Waals surface area contributed by atoms with Gasteiger partial charge >= 0.3 is 0 Å². The number of anilines is 1. The zero-order chi connectivity index (χ0) is 16.8. The molecule has 4 rings (SSSR count). The number of fused-ring (bicyclic) bond motifs is 3. The van der Waals surface area contributed by atoms with Crippen LogP contribution in [-0.2, 0) is 0 Å². The molecular formula is C22H24ClN. The lowest BCUT2D eigenvalue weighted by Gasteiger charge is -2.38. The van der Waals surface area contributed by atoms with Crippen molar-refractivity contribution in [1.29, 1.82) is 0 Å². The Bertz CT molecular complexity index is 788. The lowest BCUT2D eigenvalue weighted by atomic mass is 9.76. The highest BCUT2D eigenvalue weighted by Crippen LogP contribution is 2.51. The van der Waals surface area contributed by atoms with Crippen molar-refractivity contribution in [1.82, 2.24) is 0 Å². The first-order chi connectivity index (χ1) is 11.5. The summed E-state index contributed by atoms with van der Waals surface area (Å²) in [4.78, 5) is 0. The van der Waals surface area contributed by atoms with E-state index in [2.05, 4.69) is 74.6 Å². The average molecular weight is 338 g/mol. The van der Waals surface area contributed by atoms with Crippen LogP contribution in [0.25, 0.3) is 0 Å². The summed E-state index contributed by atoms with van der Waals surface area (Å²) in [5.41, 5.74) is 6.65. The first-order valence-corrected chi connectivity index (χ1v) is 9.25. The van der Waals surface area contributed by atoms with E-state index in [0.29, 0.717) is 23.8 Å². The Kier molecular flexibility index (Phi) is 3.92. The summed E-state index contributed by atoms with van der Waals surface area (Å²) < 4.78 is 0. The quantitative estimate of drug-likeness (QED) is 0.609. The lowest BCUT2D eigenvalue weighted by Crippen LogP contribution is -2.29. The Hall–Kier alpha value is -1.73. The number of halogens is 1. The van der Waals surface area contributed by atoms with Crippen molar-refractivity contribution in [3.05, 3.63) is 75.8 Å². The minimum absolute atomic E-state index is 0.360. The van der Waals surface area contributed by atoms with Gasteiger partial charge < -0.3 is 5.32 Å². The van der Waals surface area contributed by atoms with E-state index in [4.69, 9.17) is 11.6 Å². The number of nitrogens with one attached hydrogen (secondary N) is 1. The Morgan fingerprint density at radius 1 is 1.12 bits per heavy atom. The molecule has 1 aliphatic carbocycles. The van der Waals surface area contributed by atoms with Gasteiger partial charge in [-0.25, -0.2) is 0 Å². The number of aryl methyl sites for hydroxylation is 1. The molecule has 0 amide bonds. The van der Waals surface area contributed by atoms with Crippen LogP contribution in [0.4, 0.5) is 5.69 Å². The maximum Gasteiger partial charge on any atom is 0.0554 e. The largest absolute Gasteiger partial charge is 0.377 e. The summed E-state index contributed by atoms with van der Waals surface area (Å²) in [5, 5.41) is 4.67. The second kappa shape index (κ2) is 5.97. The van der Waals surface area contributed by atoms with Crippen LogP contribution < -0.4 is 5.32 Å². The van der Waals surface area contributed by atoms with E-state index in [-0.39, 0.29) is 0 Å². The third-order valence-electron chi connectivity index (χ3n) is 5.59. The fraction of sp³-hybridized carbons (Fsp3) is 0.364. The van der Waals surface area contributed by atoms with Crippen molar-refractivity contribution in [2.45, 2.75) is 45.1 Å². The van der Waals surface area contributed by atoms with E-state index in [1.54, 1.807) is 0 Å². The molecule has 0 bridgehead atoms. The molecule has 0 aromatic heterocycles. The molecule has 0 radical (unpaired) electrons. The molecular weight excluding hydrogens is 314 g/mol. The molecule has 2 aromatic carbocycles. The van der Waals surface area contributed by atoms with E-state index >= 15 is 0 Å². The molecule has 1 N–H and O–H groups in total. The Morgan fingerprint density at radius 2 is 1.88 bits per heavy atom. The van der Waals surface area contributed by atoms with Gasteiger partial charge in [0, 0.05) is 16.6 Å². The van der Waals surface area contributed by atoms with Gasteiger partial charge in [-0.1, -0.05) is 61.9 Å². The molecule has 0 saturated heterocycles. The van der Waals surface area contributed by atoms with E-state index < -0.39 is 0 Å². The van der Waals surface area contributed by atoms with Gasteiger partial charge in [-0.2, -0.15) is 0 Å². The average Bonchev–Trinajstić information content (AvgIpc) is 3.04. The van der Waals surface area contributed by atoms with Crippen LogP contribution in [0.1, 0.15) is 60.4 Å². The smallest absolute Gasteiger partial charge is 0.0554 e. The minimum Gasteiger partial charge on any atom is -0.377 e. The first kappa shape index (κ1) is 15.8. The van der Waals surface area contributed by atoms with Crippen molar-refractivity contribution in [2.24, 2.45) is 5.92 Å². The van der Waals surface area contributed by atoms with Gasteiger partial charge in [0.25, 0.3) is 0 Å².